The van der Waals surface area contributed by atoms with E-state index in [4.69, 9.17) is 4.74 Å². The molecule has 0 aliphatic heterocycles. The fraction of sp³-hybridized carbons (Fsp3) is 0.500. The number of aryl methyl sites for hydroxylation is 1. The van der Waals surface area contributed by atoms with Crippen molar-refractivity contribution in [3.63, 3.8) is 0 Å². The molecule has 1 atom stereocenters. The third-order valence-corrected chi connectivity index (χ3v) is 3.50. The van der Waals surface area contributed by atoms with Crippen LogP contribution in [0.25, 0.3) is 0 Å². The van der Waals surface area contributed by atoms with Crippen LogP contribution in [0.15, 0.2) is 18.2 Å². The molecule has 0 aromatic heterocycles. The standard InChI is InChI=1S/C16H21NO3/c1-3-4-11(2)17-16(19)10-20-13-6-7-14-12(9-13)5-8-15(14)18/h6-7,9,11H,3-5,8,10H2,1-2H3,(H,17,19). The van der Waals surface area contributed by atoms with Gasteiger partial charge in [-0.2, -0.15) is 0 Å². The van der Waals surface area contributed by atoms with Crippen molar-refractivity contribution in [3.05, 3.63) is 29.3 Å². The van der Waals surface area contributed by atoms with Gasteiger partial charge in [0, 0.05) is 18.0 Å². The van der Waals surface area contributed by atoms with Crippen LogP contribution in [-0.4, -0.2) is 24.3 Å². The van der Waals surface area contributed by atoms with Crippen molar-refractivity contribution in [2.45, 2.75) is 45.6 Å². The molecule has 0 bridgehead atoms. The van der Waals surface area contributed by atoms with Gasteiger partial charge in [0.2, 0.25) is 0 Å². The zero-order valence-electron chi connectivity index (χ0n) is 12.1. The molecule has 1 aromatic carbocycles. The third kappa shape index (κ3) is 3.59. The monoisotopic (exact) mass is 275 g/mol. The fourth-order valence-electron chi connectivity index (χ4n) is 2.49. The summed E-state index contributed by atoms with van der Waals surface area (Å²) in [5.41, 5.74) is 1.81. The largest absolute Gasteiger partial charge is 0.484 e. The predicted molar refractivity (Wildman–Crippen MR) is 77.1 cm³/mol. The lowest BCUT2D eigenvalue weighted by Crippen LogP contribution is -2.35. The number of fused-ring (bicyclic) bond motifs is 1. The van der Waals surface area contributed by atoms with Gasteiger partial charge in [-0.25, -0.2) is 0 Å². The molecule has 4 heteroatoms. The van der Waals surface area contributed by atoms with Crippen LogP contribution in [-0.2, 0) is 11.2 Å². The minimum Gasteiger partial charge on any atom is -0.484 e. The van der Waals surface area contributed by atoms with Gasteiger partial charge in [0.1, 0.15) is 5.75 Å². The molecular formula is C16H21NO3. The highest BCUT2D eigenvalue weighted by atomic mass is 16.5. The van der Waals surface area contributed by atoms with Gasteiger partial charge in [-0.3, -0.25) is 9.59 Å². The lowest BCUT2D eigenvalue weighted by Gasteiger charge is -2.13. The maximum absolute atomic E-state index is 11.7. The first-order chi connectivity index (χ1) is 9.60. The second-order valence-corrected chi connectivity index (χ2v) is 5.29. The number of hydrogen-bond acceptors (Lipinski definition) is 3. The molecule has 1 unspecified atom stereocenters. The molecule has 0 fully saturated rings. The van der Waals surface area contributed by atoms with Crippen LogP contribution in [0.1, 0.15) is 49.0 Å². The minimum absolute atomic E-state index is 0.0147. The Morgan fingerprint density at radius 1 is 1.40 bits per heavy atom. The van der Waals surface area contributed by atoms with Gasteiger partial charge in [0.15, 0.2) is 12.4 Å². The van der Waals surface area contributed by atoms with E-state index in [9.17, 15) is 9.59 Å². The molecule has 1 aromatic rings. The molecule has 0 radical (unpaired) electrons. The quantitative estimate of drug-likeness (QED) is 0.868. The molecule has 0 spiro atoms. The number of Topliss-reactive ketones (excluding diaryl/α,β-unsaturated/α-hetero) is 1. The molecule has 4 nitrogen and oxygen atoms in total. The van der Waals surface area contributed by atoms with Gasteiger partial charge in [0.05, 0.1) is 0 Å². The summed E-state index contributed by atoms with van der Waals surface area (Å²) in [5, 5.41) is 2.89. The van der Waals surface area contributed by atoms with E-state index in [0.717, 1.165) is 30.4 Å². The highest BCUT2D eigenvalue weighted by Crippen LogP contribution is 2.25. The summed E-state index contributed by atoms with van der Waals surface area (Å²) in [7, 11) is 0. The van der Waals surface area contributed by atoms with Crippen molar-refractivity contribution in [3.8, 4) is 5.75 Å². The Labute approximate surface area is 119 Å². The van der Waals surface area contributed by atoms with Crippen LogP contribution in [0.5, 0.6) is 5.75 Å². The van der Waals surface area contributed by atoms with Crippen molar-refractivity contribution in [2.24, 2.45) is 0 Å². The van der Waals surface area contributed by atoms with E-state index < -0.39 is 0 Å². The van der Waals surface area contributed by atoms with Crippen molar-refractivity contribution in [1.29, 1.82) is 0 Å². The van der Waals surface area contributed by atoms with E-state index in [1.54, 1.807) is 12.1 Å². The summed E-state index contributed by atoms with van der Waals surface area (Å²) >= 11 is 0. The van der Waals surface area contributed by atoms with E-state index >= 15 is 0 Å². The highest BCUT2D eigenvalue weighted by molar-refractivity contribution is 6.00. The molecule has 20 heavy (non-hydrogen) atoms. The van der Waals surface area contributed by atoms with Gasteiger partial charge in [-0.15, -0.1) is 0 Å². The zero-order valence-corrected chi connectivity index (χ0v) is 12.1. The normalized spacial score (nSPS) is 14.8. The van der Waals surface area contributed by atoms with Gasteiger partial charge < -0.3 is 10.1 Å². The summed E-state index contributed by atoms with van der Waals surface area (Å²) in [6, 6.07) is 5.58. The Bertz CT molecular complexity index is 510. The topological polar surface area (TPSA) is 55.4 Å². The number of rotatable bonds is 6. The van der Waals surface area contributed by atoms with Gasteiger partial charge in [-0.1, -0.05) is 13.3 Å². The number of carbonyl (C=O) groups is 2. The molecule has 0 saturated heterocycles. The average molecular weight is 275 g/mol. The van der Waals surface area contributed by atoms with Crippen LogP contribution in [0.3, 0.4) is 0 Å². The molecule has 1 amide bonds. The van der Waals surface area contributed by atoms with Crippen LogP contribution in [0, 0.1) is 0 Å². The number of ether oxygens (including phenoxy) is 1. The molecule has 108 valence electrons. The van der Waals surface area contributed by atoms with E-state index in [0.29, 0.717) is 12.2 Å². The van der Waals surface area contributed by atoms with E-state index in [1.807, 2.05) is 13.0 Å². The number of carbonyl (C=O) groups excluding carboxylic acids is 2. The summed E-state index contributed by atoms with van der Waals surface area (Å²) < 4.78 is 5.48. The molecular weight excluding hydrogens is 254 g/mol. The third-order valence-electron chi connectivity index (χ3n) is 3.50. The second kappa shape index (κ2) is 6.55. The maximum atomic E-state index is 11.7. The van der Waals surface area contributed by atoms with Crippen molar-refractivity contribution >= 4 is 11.7 Å². The highest BCUT2D eigenvalue weighted by Gasteiger charge is 2.19. The second-order valence-electron chi connectivity index (χ2n) is 5.29. The number of ketones is 1. The van der Waals surface area contributed by atoms with Crippen molar-refractivity contribution in [2.75, 3.05) is 6.61 Å². The Morgan fingerprint density at radius 3 is 2.95 bits per heavy atom. The van der Waals surface area contributed by atoms with Crippen molar-refractivity contribution in [1.82, 2.24) is 5.32 Å². The van der Waals surface area contributed by atoms with Crippen LogP contribution in [0.2, 0.25) is 0 Å². The Kier molecular flexibility index (Phi) is 4.77. The number of nitrogens with one attached hydrogen (secondary N) is 1. The smallest absolute Gasteiger partial charge is 0.258 e. The Hall–Kier alpha value is -1.84. The summed E-state index contributed by atoms with van der Waals surface area (Å²) in [6.07, 6.45) is 3.35. The van der Waals surface area contributed by atoms with Crippen molar-refractivity contribution < 1.29 is 14.3 Å². The first kappa shape index (κ1) is 14.6. The van der Waals surface area contributed by atoms with Crippen LogP contribution >= 0.6 is 0 Å². The average Bonchev–Trinajstić information content (AvgIpc) is 2.78. The predicted octanol–water partition coefficient (Wildman–Crippen LogP) is 2.50. The lowest BCUT2D eigenvalue weighted by atomic mass is 10.1. The Morgan fingerprint density at radius 2 is 2.20 bits per heavy atom. The molecule has 1 aliphatic carbocycles. The van der Waals surface area contributed by atoms with E-state index in [2.05, 4.69) is 12.2 Å². The molecule has 1 N–H and O–H groups in total. The molecule has 0 heterocycles. The Balaban J connectivity index is 1.85. The van der Waals surface area contributed by atoms with E-state index in [1.165, 1.54) is 0 Å². The molecule has 1 aliphatic rings. The first-order valence-corrected chi connectivity index (χ1v) is 7.18. The number of amides is 1. The zero-order chi connectivity index (χ0) is 14.5. The van der Waals surface area contributed by atoms with Gasteiger partial charge >= 0.3 is 0 Å². The fourth-order valence-corrected chi connectivity index (χ4v) is 2.49. The number of hydrogen-bond donors (Lipinski definition) is 1. The van der Waals surface area contributed by atoms with Crippen LogP contribution < -0.4 is 10.1 Å². The minimum atomic E-state index is -0.109. The summed E-state index contributed by atoms with van der Waals surface area (Å²) in [6.45, 7) is 4.09. The summed E-state index contributed by atoms with van der Waals surface area (Å²) in [4.78, 5) is 23.2. The van der Waals surface area contributed by atoms with Crippen LogP contribution in [0.4, 0.5) is 0 Å². The maximum Gasteiger partial charge on any atom is 0.258 e. The number of benzene rings is 1. The summed E-state index contributed by atoms with van der Waals surface area (Å²) in [5.74, 6) is 0.733. The SMILES string of the molecule is CCCC(C)NC(=O)COc1ccc2c(c1)CCC2=O. The van der Waals surface area contributed by atoms with Gasteiger partial charge in [-0.05, 0) is 43.5 Å². The molecule has 0 saturated carbocycles. The molecule has 2 rings (SSSR count). The lowest BCUT2D eigenvalue weighted by molar-refractivity contribution is -0.123. The van der Waals surface area contributed by atoms with E-state index in [-0.39, 0.29) is 24.3 Å². The van der Waals surface area contributed by atoms with Gasteiger partial charge in [0.25, 0.3) is 5.91 Å². The first-order valence-electron chi connectivity index (χ1n) is 7.18.